The topological polar surface area (TPSA) is 97.4 Å². The Balaban J connectivity index is 2.04. The number of benzene rings is 1. The second-order valence-electron chi connectivity index (χ2n) is 5.39. The standard InChI is InChI=1S/C16H17F2N3O4S2/c1-8(22)19-11(15(24)25-2)6-14(23)20-9-3-4-10-12(5-9)27-16(21-10)26-7-13(17)18/h3-5,11,13H,6-7H2,1-2H3,(H,19,22)(H,20,23). The molecule has 0 fully saturated rings. The van der Waals surface area contributed by atoms with Gasteiger partial charge in [-0.2, -0.15) is 0 Å². The Labute approximate surface area is 161 Å². The first kappa shape index (κ1) is 21.0. The van der Waals surface area contributed by atoms with Crippen LogP contribution in [0.25, 0.3) is 10.2 Å². The number of anilines is 1. The number of alkyl halides is 2. The van der Waals surface area contributed by atoms with Crippen molar-refractivity contribution in [1.29, 1.82) is 0 Å². The van der Waals surface area contributed by atoms with E-state index in [2.05, 4.69) is 20.4 Å². The summed E-state index contributed by atoms with van der Waals surface area (Å²) in [6, 6.07) is 3.87. The third kappa shape index (κ3) is 6.43. The molecule has 0 saturated carbocycles. The zero-order valence-electron chi connectivity index (χ0n) is 14.5. The number of nitrogens with zero attached hydrogens (tertiary/aromatic N) is 1. The number of aromatic nitrogens is 1. The van der Waals surface area contributed by atoms with E-state index in [0.29, 0.717) is 15.5 Å². The number of ether oxygens (including phenoxy) is 1. The van der Waals surface area contributed by atoms with Crippen molar-refractivity contribution in [1.82, 2.24) is 10.3 Å². The molecule has 0 radical (unpaired) electrons. The monoisotopic (exact) mass is 417 g/mol. The maximum Gasteiger partial charge on any atom is 0.328 e. The number of fused-ring (bicyclic) bond motifs is 1. The lowest BCUT2D eigenvalue weighted by molar-refractivity contribution is -0.146. The van der Waals surface area contributed by atoms with Gasteiger partial charge in [0.1, 0.15) is 6.04 Å². The zero-order valence-corrected chi connectivity index (χ0v) is 16.1. The van der Waals surface area contributed by atoms with E-state index < -0.39 is 30.3 Å². The molecule has 0 aliphatic heterocycles. The second-order valence-corrected chi connectivity index (χ2v) is 7.69. The van der Waals surface area contributed by atoms with Crippen LogP contribution in [0, 0.1) is 0 Å². The van der Waals surface area contributed by atoms with E-state index in [-0.39, 0.29) is 12.2 Å². The summed E-state index contributed by atoms with van der Waals surface area (Å²) < 4.78 is 30.4. The van der Waals surface area contributed by atoms with Crippen LogP contribution in [0.1, 0.15) is 13.3 Å². The lowest BCUT2D eigenvalue weighted by Crippen LogP contribution is -2.42. The minimum atomic E-state index is -2.41. The number of rotatable bonds is 8. The van der Waals surface area contributed by atoms with Gasteiger partial charge in [-0.3, -0.25) is 9.59 Å². The number of nitrogens with one attached hydrogen (secondary N) is 2. The van der Waals surface area contributed by atoms with Crippen LogP contribution in [-0.4, -0.2) is 48.1 Å². The van der Waals surface area contributed by atoms with Gasteiger partial charge in [0.2, 0.25) is 18.2 Å². The van der Waals surface area contributed by atoms with Crippen LogP contribution in [-0.2, 0) is 19.1 Å². The summed E-state index contributed by atoms with van der Waals surface area (Å²) in [6.07, 6.45) is -2.70. The van der Waals surface area contributed by atoms with Gasteiger partial charge < -0.3 is 15.4 Å². The molecule has 1 atom stereocenters. The van der Waals surface area contributed by atoms with Crippen molar-refractivity contribution in [2.24, 2.45) is 0 Å². The number of thioether (sulfide) groups is 1. The highest BCUT2D eigenvalue weighted by molar-refractivity contribution is 8.01. The van der Waals surface area contributed by atoms with Crippen LogP contribution in [0.2, 0.25) is 0 Å². The van der Waals surface area contributed by atoms with Crippen LogP contribution < -0.4 is 10.6 Å². The Morgan fingerprint density at radius 2 is 2.07 bits per heavy atom. The second kappa shape index (κ2) is 9.60. The van der Waals surface area contributed by atoms with Gasteiger partial charge in [0.05, 0.1) is 29.5 Å². The van der Waals surface area contributed by atoms with Crippen molar-refractivity contribution < 1.29 is 27.9 Å². The molecule has 11 heteroatoms. The average molecular weight is 417 g/mol. The van der Waals surface area contributed by atoms with E-state index in [4.69, 9.17) is 0 Å². The lowest BCUT2D eigenvalue weighted by atomic mass is 10.2. The number of thiazole rings is 1. The summed E-state index contributed by atoms with van der Waals surface area (Å²) in [6.45, 7) is 1.23. The molecule has 2 N–H and O–H groups in total. The van der Waals surface area contributed by atoms with Crippen LogP contribution >= 0.6 is 23.1 Å². The molecule has 1 aromatic carbocycles. The van der Waals surface area contributed by atoms with E-state index in [0.717, 1.165) is 23.6 Å². The van der Waals surface area contributed by atoms with Gasteiger partial charge in [-0.1, -0.05) is 11.8 Å². The minimum Gasteiger partial charge on any atom is -0.467 e. The maximum absolute atomic E-state index is 12.3. The number of hydrogen-bond acceptors (Lipinski definition) is 7. The van der Waals surface area contributed by atoms with Crippen LogP contribution in [0.15, 0.2) is 22.5 Å². The quantitative estimate of drug-likeness (QED) is 0.506. The molecule has 27 heavy (non-hydrogen) atoms. The average Bonchev–Trinajstić information content (AvgIpc) is 3.00. The van der Waals surface area contributed by atoms with E-state index >= 15 is 0 Å². The molecule has 0 bridgehead atoms. The van der Waals surface area contributed by atoms with Crippen molar-refractivity contribution in [3.63, 3.8) is 0 Å². The summed E-state index contributed by atoms with van der Waals surface area (Å²) in [4.78, 5) is 39.2. The fourth-order valence-corrected chi connectivity index (χ4v) is 4.03. The van der Waals surface area contributed by atoms with Crippen molar-refractivity contribution in [3.8, 4) is 0 Å². The molecule has 2 amide bonds. The van der Waals surface area contributed by atoms with Gasteiger partial charge in [0.15, 0.2) is 4.34 Å². The largest absolute Gasteiger partial charge is 0.467 e. The Morgan fingerprint density at radius 3 is 2.70 bits per heavy atom. The first-order valence-electron chi connectivity index (χ1n) is 7.74. The van der Waals surface area contributed by atoms with Crippen molar-refractivity contribution in [2.45, 2.75) is 30.2 Å². The number of carbonyl (C=O) groups excluding carboxylic acids is 3. The van der Waals surface area contributed by atoms with Gasteiger partial charge in [0, 0.05) is 12.6 Å². The maximum atomic E-state index is 12.3. The van der Waals surface area contributed by atoms with E-state index in [1.165, 1.54) is 18.3 Å². The van der Waals surface area contributed by atoms with Crippen molar-refractivity contribution in [2.75, 3.05) is 18.2 Å². The highest BCUT2D eigenvalue weighted by Gasteiger charge is 2.23. The van der Waals surface area contributed by atoms with Crippen LogP contribution in [0.3, 0.4) is 0 Å². The Hall–Kier alpha value is -2.27. The first-order chi connectivity index (χ1) is 12.8. The van der Waals surface area contributed by atoms with Gasteiger partial charge in [-0.15, -0.1) is 11.3 Å². The summed E-state index contributed by atoms with van der Waals surface area (Å²) >= 11 is 2.22. The summed E-state index contributed by atoms with van der Waals surface area (Å²) in [7, 11) is 1.16. The molecule has 0 saturated heterocycles. The SMILES string of the molecule is COC(=O)C(CC(=O)Nc1ccc2nc(SCC(F)F)sc2c1)NC(C)=O. The fraction of sp³-hybridized carbons (Fsp3) is 0.375. The Bertz CT molecular complexity index is 844. The van der Waals surface area contributed by atoms with E-state index in [1.54, 1.807) is 18.2 Å². The first-order valence-corrected chi connectivity index (χ1v) is 9.55. The smallest absolute Gasteiger partial charge is 0.328 e. The number of methoxy groups -OCH3 is 1. The van der Waals surface area contributed by atoms with Crippen LogP contribution in [0.5, 0.6) is 0 Å². The normalized spacial score (nSPS) is 12.0. The van der Waals surface area contributed by atoms with E-state index in [1.807, 2.05) is 0 Å². The predicted molar refractivity (Wildman–Crippen MR) is 99.2 cm³/mol. The van der Waals surface area contributed by atoms with Gasteiger partial charge >= 0.3 is 5.97 Å². The third-order valence-corrected chi connectivity index (χ3v) is 5.41. The molecule has 1 aromatic heterocycles. The van der Waals surface area contributed by atoms with E-state index in [9.17, 15) is 23.2 Å². The fourth-order valence-electron chi connectivity index (χ4n) is 2.16. The molecule has 146 valence electrons. The molecule has 0 aliphatic rings. The zero-order chi connectivity index (χ0) is 20.0. The molecule has 2 aromatic rings. The number of carbonyl (C=O) groups is 3. The number of amides is 2. The third-order valence-electron chi connectivity index (χ3n) is 3.24. The minimum absolute atomic E-state index is 0.289. The number of halogens is 2. The molecule has 2 rings (SSSR count). The molecule has 0 aliphatic carbocycles. The Kier molecular flexibility index (Phi) is 7.48. The number of hydrogen-bond donors (Lipinski definition) is 2. The summed E-state index contributed by atoms with van der Waals surface area (Å²) in [5.41, 5.74) is 1.11. The summed E-state index contributed by atoms with van der Waals surface area (Å²) in [5.74, 6) is -2.01. The molecular formula is C16H17F2N3O4S2. The van der Waals surface area contributed by atoms with Crippen LogP contribution in [0.4, 0.5) is 14.5 Å². The van der Waals surface area contributed by atoms with Gasteiger partial charge in [-0.25, -0.2) is 18.6 Å². The molecule has 0 spiro atoms. The Morgan fingerprint density at radius 1 is 1.33 bits per heavy atom. The molecular weight excluding hydrogens is 400 g/mol. The predicted octanol–water partition coefficient (Wildman–Crippen LogP) is 2.66. The summed E-state index contributed by atoms with van der Waals surface area (Å²) in [5, 5.41) is 4.99. The highest BCUT2D eigenvalue weighted by Crippen LogP contribution is 2.32. The van der Waals surface area contributed by atoms with Gasteiger partial charge in [-0.05, 0) is 18.2 Å². The molecule has 1 heterocycles. The highest BCUT2D eigenvalue weighted by atomic mass is 32.2. The molecule has 1 unspecified atom stereocenters. The number of esters is 1. The van der Waals surface area contributed by atoms with Gasteiger partial charge in [0.25, 0.3) is 0 Å². The lowest BCUT2D eigenvalue weighted by Gasteiger charge is -2.15. The van der Waals surface area contributed by atoms with Crippen molar-refractivity contribution in [3.05, 3.63) is 18.2 Å². The molecule has 7 nitrogen and oxygen atoms in total. The van der Waals surface area contributed by atoms with Crippen molar-refractivity contribution >= 4 is 56.8 Å².